The second-order valence-electron chi connectivity index (χ2n) is 2.93. The molecule has 4 nitrogen and oxygen atoms in total. The highest BCUT2D eigenvalue weighted by atomic mass is 35.5. The largest absolute Gasteiger partial charge is 0.493 e. The van der Waals surface area contributed by atoms with E-state index in [0.29, 0.717) is 22.1 Å². The summed E-state index contributed by atoms with van der Waals surface area (Å²) in [6, 6.07) is 3.11. The zero-order chi connectivity index (χ0) is 11.4. The monoisotopic (exact) mass is 232 g/mol. The Kier molecular flexibility index (Phi) is 4.20. The smallest absolute Gasteiger partial charge is 0.166 e. The molecule has 0 aliphatic rings. The number of benzene rings is 1. The van der Waals surface area contributed by atoms with Crippen LogP contribution in [0, 0.1) is 0 Å². The van der Waals surface area contributed by atoms with Gasteiger partial charge in [-0.3, -0.25) is 0 Å². The molecule has 0 fully saturated rings. The molecular weight excluding hydrogens is 220 g/mol. The fraction of sp³-hybridized carbons (Fsp3) is 0.400. The Morgan fingerprint density at radius 3 is 2.47 bits per heavy atom. The van der Waals surface area contributed by atoms with Gasteiger partial charge in [-0.2, -0.15) is 0 Å². The van der Waals surface area contributed by atoms with Crippen LogP contribution in [0.1, 0.15) is 11.7 Å². The molecule has 1 aromatic carbocycles. The van der Waals surface area contributed by atoms with Crippen molar-refractivity contribution >= 4 is 11.6 Å². The van der Waals surface area contributed by atoms with Gasteiger partial charge in [0.1, 0.15) is 6.10 Å². The van der Waals surface area contributed by atoms with Crippen LogP contribution in [0.4, 0.5) is 0 Å². The van der Waals surface area contributed by atoms with Gasteiger partial charge in [-0.1, -0.05) is 11.6 Å². The zero-order valence-corrected chi connectivity index (χ0v) is 9.28. The van der Waals surface area contributed by atoms with Gasteiger partial charge in [0.25, 0.3) is 0 Å². The Morgan fingerprint density at radius 1 is 1.33 bits per heavy atom. The summed E-state index contributed by atoms with van der Waals surface area (Å²) < 4.78 is 10.1. The SMILES string of the molecule is COc1cc(Cl)cc(C(O)CO)c1OC. The predicted octanol–water partition coefficient (Wildman–Crippen LogP) is 1.38. The summed E-state index contributed by atoms with van der Waals surface area (Å²) in [6.07, 6.45) is -1.03. The topological polar surface area (TPSA) is 58.9 Å². The van der Waals surface area contributed by atoms with E-state index in [1.807, 2.05) is 0 Å². The van der Waals surface area contributed by atoms with Gasteiger partial charge in [-0.15, -0.1) is 0 Å². The summed E-state index contributed by atoms with van der Waals surface area (Å²) in [5.74, 6) is 0.802. The van der Waals surface area contributed by atoms with Crippen molar-refractivity contribution < 1.29 is 19.7 Å². The molecule has 84 valence electrons. The lowest BCUT2D eigenvalue weighted by Gasteiger charge is -2.16. The summed E-state index contributed by atoms with van der Waals surface area (Å²) in [6.45, 7) is -0.403. The molecule has 1 atom stereocenters. The highest BCUT2D eigenvalue weighted by molar-refractivity contribution is 6.30. The standard InChI is InChI=1S/C10H13ClO4/c1-14-9-4-6(11)3-7(8(13)5-12)10(9)15-2/h3-4,8,12-13H,5H2,1-2H3. The molecular formula is C10H13ClO4. The highest BCUT2D eigenvalue weighted by Crippen LogP contribution is 2.37. The van der Waals surface area contributed by atoms with Crippen molar-refractivity contribution in [1.29, 1.82) is 0 Å². The van der Waals surface area contributed by atoms with E-state index in [2.05, 4.69) is 0 Å². The van der Waals surface area contributed by atoms with Gasteiger partial charge in [-0.25, -0.2) is 0 Å². The highest BCUT2D eigenvalue weighted by Gasteiger charge is 2.17. The summed E-state index contributed by atoms with van der Waals surface area (Å²) in [7, 11) is 2.93. The molecule has 0 aromatic heterocycles. The summed E-state index contributed by atoms with van der Waals surface area (Å²) in [5, 5.41) is 18.8. The first-order chi connectivity index (χ1) is 7.13. The molecule has 0 aliphatic heterocycles. The lowest BCUT2D eigenvalue weighted by molar-refractivity contribution is 0.0930. The Balaban J connectivity index is 3.28. The fourth-order valence-electron chi connectivity index (χ4n) is 1.30. The molecule has 0 heterocycles. The third kappa shape index (κ3) is 2.53. The summed E-state index contributed by atoms with van der Waals surface area (Å²) in [5.41, 5.74) is 0.407. The van der Waals surface area contributed by atoms with Crippen LogP contribution in [0.15, 0.2) is 12.1 Å². The molecule has 15 heavy (non-hydrogen) atoms. The maximum absolute atomic E-state index is 9.54. The van der Waals surface area contributed by atoms with Crippen molar-refractivity contribution in [1.82, 2.24) is 0 Å². The molecule has 0 amide bonds. The molecule has 1 aromatic rings. The Labute approximate surface area is 93.0 Å². The van der Waals surface area contributed by atoms with Crippen LogP contribution < -0.4 is 9.47 Å². The first kappa shape index (κ1) is 12.1. The first-order valence-electron chi connectivity index (χ1n) is 4.34. The number of aliphatic hydroxyl groups is 2. The Hall–Kier alpha value is -0.970. The normalized spacial score (nSPS) is 12.3. The van der Waals surface area contributed by atoms with Crippen LogP contribution in [0.25, 0.3) is 0 Å². The molecule has 0 spiro atoms. The van der Waals surface area contributed by atoms with Gasteiger partial charge < -0.3 is 19.7 Å². The van der Waals surface area contributed by atoms with Gasteiger partial charge in [0.2, 0.25) is 0 Å². The van der Waals surface area contributed by atoms with E-state index in [1.165, 1.54) is 20.3 Å². The average Bonchev–Trinajstić information content (AvgIpc) is 2.26. The molecule has 0 radical (unpaired) electrons. The van der Waals surface area contributed by atoms with Crippen LogP contribution in [0.5, 0.6) is 11.5 Å². The van der Waals surface area contributed by atoms with Crippen molar-refractivity contribution in [2.75, 3.05) is 20.8 Å². The minimum atomic E-state index is -1.03. The number of rotatable bonds is 4. The molecule has 0 aliphatic carbocycles. The van der Waals surface area contributed by atoms with Gasteiger partial charge in [0.15, 0.2) is 11.5 Å². The lowest BCUT2D eigenvalue weighted by Crippen LogP contribution is -2.06. The third-order valence-electron chi connectivity index (χ3n) is 2.00. The van der Waals surface area contributed by atoms with Crippen LogP contribution in [0.3, 0.4) is 0 Å². The van der Waals surface area contributed by atoms with E-state index in [-0.39, 0.29) is 0 Å². The van der Waals surface area contributed by atoms with Crippen molar-refractivity contribution in [2.24, 2.45) is 0 Å². The van der Waals surface area contributed by atoms with Gasteiger partial charge in [0.05, 0.1) is 20.8 Å². The van der Waals surface area contributed by atoms with E-state index < -0.39 is 12.7 Å². The van der Waals surface area contributed by atoms with Crippen LogP contribution in [0.2, 0.25) is 5.02 Å². The molecule has 0 saturated carbocycles. The molecule has 1 unspecified atom stereocenters. The maximum Gasteiger partial charge on any atom is 0.166 e. The molecule has 2 N–H and O–H groups in total. The molecule has 1 rings (SSSR count). The number of methoxy groups -OCH3 is 2. The van der Waals surface area contributed by atoms with Crippen LogP contribution in [-0.4, -0.2) is 31.0 Å². The lowest BCUT2D eigenvalue weighted by atomic mass is 10.1. The number of aliphatic hydroxyl groups excluding tert-OH is 2. The fourth-order valence-corrected chi connectivity index (χ4v) is 1.52. The van der Waals surface area contributed by atoms with E-state index >= 15 is 0 Å². The van der Waals surface area contributed by atoms with Crippen LogP contribution in [-0.2, 0) is 0 Å². The Bertz CT molecular complexity index is 340. The second-order valence-corrected chi connectivity index (χ2v) is 3.37. The summed E-state index contributed by atoms with van der Waals surface area (Å²) >= 11 is 5.83. The minimum absolute atomic E-state index is 0.378. The van der Waals surface area contributed by atoms with E-state index in [1.54, 1.807) is 6.07 Å². The van der Waals surface area contributed by atoms with E-state index in [4.69, 9.17) is 26.2 Å². The Morgan fingerprint density at radius 2 is 2.00 bits per heavy atom. The number of ether oxygens (including phenoxy) is 2. The third-order valence-corrected chi connectivity index (χ3v) is 2.22. The molecule has 0 bridgehead atoms. The number of halogens is 1. The quantitative estimate of drug-likeness (QED) is 0.824. The molecule has 0 saturated heterocycles. The van der Waals surface area contributed by atoms with Crippen molar-refractivity contribution in [3.05, 3.63) is 22.7 Å². The van der Waals surface area contributed by atoms with E-state index in [0.717, 1.165) is 0 Å². The second kappa shape index (κ2) is 5.21. The minimum Gasteiger partial charge on any atom is -0.493 e. The molecule has 5 heteroatoms. The predicted molar refractivity (Wildman–Crippen MR) is 56.6 cm³/mol. The maximum atomic E-state index is 9.54. The zero-order valence-electron chi connectivity index (χ0n) is 8.53. The van der Waals surface area contributed by atoms with Gasteiger partial charge in [0, 0.05) is 16.7 Å². The van der Waals surface area contributed by atoms with Crippen molar-refractivity contribution in [3.63, 3.8) is 0 Å². The summed E-state index contributed by atoms with van der Waals surface area (Å²) in [4.78, 5) is 0. The van der Waals surface area contributed by atoms with Crippen LogP contribution >= 0.6 is 11.6 Å². The number of hydrogen-bond donors (Lipinski definition) is 2. The van der Waals surface area contributed by atoms with Crippen molar-refractivity contribution in [3.8, 4) is 11.5 Å². The first-order valence-corrected chi connectivity index (χ1v) is 4.72. The number of hydrogen-bond acceptors (Lipinski definition) is 4. The average molecular weight is 233 g/mol. The van der Waals surface area contributed by atoms with Crippen molar-refractivity contribution in [2.45, 2.75) is 6.10 Å². The van der Waals surface area contributed by atoms with Gasteiger partial charge >= 0.3 is 0 Å². The van der Waals surface area contributed by atoms with E-state index in [9.17, 15) is 5.11 Å². The van der Waals surface area contributed by atoms with Gasteiger partial charge in [-0.05, 0) is 6.07 Å².